The number of fused-ring (bicyclic) bond motifs is 3. The summed E-state index contributed by atoms with van der Waals surface area (Å²) in [5.74, 6) is -0.326. The summed E-state index contributed by atoms with van der Waals surface area (Å²) in [6.07, 6.45) is 1.67. The van der Waals surface area contributed by atoms with Crippen LogP contribution in [0.2, 0.25) is 0 Å². The van der Waals surface area contributed by atoms with Crippen molar-refractivity contribution in [3.8, 4) is 11.1 Å². The maximum atomic E-state index is 12.4. The van der Waals surface area contributed by atoms with E-state index < -0.39 is 5.41 Å². The lowest BCUT2D eigenvalue weighted by atomic mass is 9.71. The lowest BCUT2D eigenvalue weighted by Gasteiger charge is -2.32. The number of benzene rings is 2. The second kappa shape index (κ2) is 10.7. The molecule has 1 amide bonds. The van der Waals surface area contributed by atoms with Gasteiger partial charge in [0.1, 0.15) is 6.61 Å². The van der Waals surface area contributed by atoms with Crippen LogP contribution in [-0.2, 0) is 19.7 Å². The normalized spacial score (nSPS) is 13.4. The van der Waals surface area contributed by atoms with E-state index in [-0.39, 0.29) is 24.9 Å². The Balaban J connectivity index is 2.01. The number of nitrogens with one attached hydrogen (secondary N) is 1. The quantitative estimate of drug-likeness (QED) is 0.390. The van der Waals surface area contributed by atoms with E-state index in [2.05, 4.69) is 61.4 Å². The zero-order valence-electron chi connectivity index (χ0n) is 17.3. The molecule has 166 valence electrons. The van der Waals surface area contributed by atoms with Gasteiger partial charge >= 0.3 is 5.97 Å². The maximum absolute atomic E-state index is 12.4. The van der Waals surface area contributed by atoms with Crippen LogP contribution in [0.5, 0.6) is 0 Å². The number of esters is 1. The summed E-state index contributed by atoms with van der Waals surface area (Å²) >= 11 is 7.19. The third-order valence-corrected chi connectivity index (χ3v) is 6.65. The summed E-state index contributed by atoms with van der Waals surface area (Å²) < 4.78 is 7.14. The minimum Gasteiger partial charge on any atom is -0.464 e. The van der Waals surface area contributed by atoms with Gasteiger partial charge in [-0.05, 0) is 59.4 Å². The molecule has 0 saturated heterocycles. The number of carbonyl (C=O) groups excluding carboxylic acids is 2. The van der Waals surface area contributed by atoms with E-state index in [1.165, 1.54) is 0 Å². The number of hydrogen-bond donors (Lipinski definition) is 3. The van der Waals surface area contributed by atoms with Crippen LogP contribution in [0.15, 0.2) is 45.3 Å². The molecule has 0 atom stereocenters. The minimum atomic E-state index is -0.486. The van der Waals surface area contributed by atoms with Crippen LogP contribution in [0.3, 0.4) is 0 Å². The lowest BCUT2D eigenvalue weighted by molar-refractivity contribution is -0.143. The largest absolute Gasteiger partial charge is 0.464 e. The molecule has 0 radical (unpaired) electrons. The molecule has 2 aromatic carbocycles. The average Bonchev–Trinajstić information content (AvgIpc) is 3.02. The Labute approximate surface area is 199 Å². The molecule has 2 aromatic rings. The molecule has 0 spiro atoms. The van der Waals surface area contributed by atoms with Gasteiger partial charge in [-0.15, -0.1) is 0 Å². The number of hydrogen-bond acceptors (Lipinski definition) is 5. The Morgan fingerprint density at radius 2 is 1.48 bits per heavy atom. The van der Waals surface area contributed by atoms with Gasteiger partial charge in [0.2, 0.25) is 5.91 Å². The van der Waals surface area contributed by atoms with Crippen LogP contribution in [0.25, 0.3) is 11.1 Å². The van der Waals surface area contributed by atoms with Crippen LogP contribution in [0, 0.1) is 0 Å². The van der Waals surface area contributed by atoms with Crippen molar-refractivity contribution in [2.24, 2.45) is 11.5 Å². The van der Waals surface area contributed by atoms with E-state index in [1.807, 2.05) is 12.1 Å². The molecule has 0 fully saturated rings. The van der Waals surface area contributed by atoms with Crippen molar-refractivity contribution in [1.29, 1.82) is 0 Å². The summed E-state index contributed by atoms with van der Waals surface area (Å²) in [6.45, 7) is 1.35. The third-order valence-electron chi connectivity index (χ3n) is 5.67. The average molecular weight is 553 g/mol. The summed E-state index contributed by atoms with van der Waals surface area (Å²) in [5.41, 5.74) is 15.0. The van der Waals surface area contributed by atoms with E-state index in [0.717, 1.165) is 31.2 Å². The highest BCUT2D eigenvalue weighted by molar-refractivity contribution is 9.10. The first-order valence-corrected chi connectivity index (χ1v) is 11.9. The van der Waals surface area contributed by atoms with Crippen molar-refractivity contribution in [3.05, 3.63) is 56.5 Å². The predicted octanol–water partition coefficient (Wildman–Crippen LogP) is 3.62. The fourth-order valence-electron chi connectivity index (χ4n) is 4.29. The van der Waals surface area contributed by atoms with Crippen molar-refractivity contribution in [2.45, 2.75) is 31.1 Å². The summed E-state index contributed by atoms with van der Waals surface area (Å²) in [7, 11) is 0. The molecule has 0 aliphatic heterocycles. The summed E-state index contributed by atoms with van der Waals surface area (Å²) in [5, 5.41) is 2.85. The van der Waals surface area contributed by atoms with Gasteiger partial charge < -0.3 is 21.5 Å². The van der Waals surface area contributed by atoms with Crippen molar-refractivity contribution >= 4 is 43.7 Å². The second-order valence-corrected chi connectivity index (χ2v) is 9.44. The van der Waals surface area contributed by atoms with Gasteiger partial charge in [-0.25, -0.2) is 0 Å². The molecule has 1 aliphatic rings. The predicted molar refractivity (Wildman–Crippen MR) is 129 cm³/mol. The molecule has 5 N–H and O–H groups in total. The van der Waals surface area contributed by atoms with Gasteiger partial charge in [-0.3, -0.25) is 9.59 Å². The van der Waals surface area contributed by atoms with Crippen molar-refractivity contribution < 1.29 is 14.3 Å². The lowest BCUT2D eigenvalue weighted by Crippen LogP contribution is -2.33. The Bertz CT molecular complexity index is 888. The number of rotatable bonds is 10. The van der Waals surface area contributed by atoms with Gasteiger partial charge in [0.25, 0.3) is 0 Å². The van der Waals surface area contributed by atoms with Crippen LogP contribution in [0.1, 0.15) is 36.8 Å². The van der Waals surface area contributed by atoms with Gasteiger partial charge in [0.15, 0.2) is 0 Å². The van der Waals surface area contributed by atoms with Crippen molar-refractivity contribution in [2.75, 3.05) is 26.2 Å². The molecule has 31 heavy (non-hydrogen) atoms. The molecular formula is C23H27Br2N3O3. The van der Waals surface area contributed by atoms with Crippen LogP contribution in [0.4, 0.5) is 0 Å². The number of halogens is 2. The van der Waals surface area contributed by atoms with E-state index in [9.17, 15) is 9.59 Å². The monoisotopic (exact) mass is 551 g/mol. The minimum absolute atomic E-state index is 0.0458. The Morgan fingerprint density at radius 1 is 0.903 bits per heavy atom. The highest BCUT2D eigenvalue weighted by Gasteiger charge is 2.43. The van der Waals surface area contributed by atoms with Crippen molar-refractivity contribution in [1.82, 2.24) is 5.32 Å². The van der Waals surface area contributed by atoms with Gasteiger partial charge in [-0.1, -0.05) is 44.0 Å². The van der Waals surface area contributed by atoms with Crippen LogP contribution >= 0.6 is 31.9 Å². The van der Waals surface area contributed by atoms with E-state index >= 15 is 0 Å². The van der Waals surface area contributed by atoms with E-state index in [4.69, 9.17) is 16.2 Å². The molecule has 3 rings (SSSR count). The Kier molecular flexibility index (Phi) is 8.27. The SMILES string of the molecule is NCCNC(=O)CCC1(CCC(=O)OCCN)c2cc(Br)ccc2-c2ccc(Br)cc21. The highest BCUT2D eigenvalue weighted by Crippen LogP contribution is 2.54. The molecule has 6 nitrogen and oxygen atoms in total. The van der Waals surface area contributed by atoms with Crippen LogP contribution < -0.4 is 16.8 Å². The molecule has 0 unspecified atom stereocenters. The third kappa shape index (κ3) is 5.37. The molecular weight excluding hydrogens is 526 g/mol. The molecule has 8 heteroatoms. The molecule has 1 aliphatic carbocycles. The highest BCUT2D eigenvalue weighted by atomic mass is 79.9. The van der Waals surface area contributed by atoms with Gasteiger partial charge in [0, 0.05) is 46.8 Å². The number of ether oxygens (including phenoxy) is 1. The standard InChI is InChI=1S/C23H27Br2N3O3/c24-15-1-3-17-18-4-2-16(25)14-20(18)23(19(17)13-15,7-5-21(29)28-11-9-26)8-6-22(30)31-12-10-27/h1-4,13-14H,5-12,26-27H2,(H,28,29). The first kappa shape index (κ1) is 23.9. The first-order valence-electron chi connectivity index (χ1n) is 10.3. The second-order valence-electron chi connectivity index (χ2n) is 7.61. The Morgan fingerprint density at radius 3 is 2.03 bits per heavy atom. The summed E-state index contributed by atoms with van der Waals surface area (Å²) in [6, 6.07) is 12.4. The maximum Gasteiger partial charge on any atom is 0.305 e. The Hall–Kier alpha value is -1.74. The molecule has 0 aromatic heterocycles. The van der Waals surface area contributed by atoms with Gasteiger partial charge in [0.05, 0.1) is 0 Å². The topological polar surface area (TPSA) is 107 Å². The van der Waals surface area contributed by atoms with Crippen LogP contribution in [-0.4, -0.2) is 38.1 Å². The number of amides is 1. The van der Waals surface area contributed by atoms with E-state index in [0.29, 0.717) is 38.9 Å². The van der Waals surface area contributed by atoms with E-state index in [1.54, 1.807) is 0 Å². The first-order chi connectivity index (χ1) is 14.9. The van der Waals surface area contributed by atoms with Gasteiger partial charge in [-0.2, -0.15) is 0 Å². The molecule has 0 heterocycles. The molecule has 0 bridgehead atoms. The zero-order valence-corrected chi connectivity index (χ0v) is 20.4. The number of nitrogens with two attached hydrogens (primary N) is 2. The smallest absolute Gasteiger partial charge is 0.305 e. The fourth-order valence-corrected chi connectivity index (χ4v) is 5.01. The fraction of sp³-hybridized carbons (Fsp3) is 0.391. The summed E-state index contributed by atoms with van der Waals surface area (Å²) in [4.78, 5) is 24.8. The number of carbonyl (C=O) groups is 2. The van der Waals surface area contributed by atoms with Crippen molar-refractivity contribution in [3.63, 3.8) is 0 Å². The zero-order chi connectivity index (χ0) is 22.4. The molecule has 0 saturated carbocycles.